The highest BCUT2D eigenvalue weighted by Crippen LogP contribution is 2.12. The zero-order valence-electron chi connectivity index (χ0n) is 8.03. The SMILES string of the molecule is COOSCCCc1ccc(Cl)cc1. The fourth-order valence-electron chi connectivity index (χ4n) is 1.07. The summed E-state index contributed by atoms with van der Waals surface area (Å²) in [5.74, 6) is 0.927. The molecule has 4 heteroatoms. The second-order valence-corrected chi connectivity index (χ2v) is 4.00. The van der Waals surface area contributed by atoms with Gasteiger partial charge in [0.1, 0.15) is 0 Å². The molecular weight excluding hydrogens is 220 g/mol. The summed E-state index contributed by atoms with van der Waals surface area (Å²) in [6, 6.07) is 7.92. The Kier molecular flexibility index (Phi) is 6.03. The Balaban J connectivity index is 2.15. The number of rotatable bonds is 6. The molecule has 0 amide bonds. The first-order chi connectivity index (χ1) is 6.83. The zero-order chi connectivity index (χ0) is 10.2. The predicted molar refractivity (Wildman–Crippen MR) is 60.3 cm³/mol. The van der Waals surface area contributed by atoms with Crippen LogP contribution in [0.5, 0.6) is 0 Å². The quantitative estimate of drug-likeness (QED) is 0.324. The maximum atomic E-state index is 5.77. The molecular formula is C10H13ClO2S. The molecule has 0 aromatic heterocycles. The first-order valence-corrected chi connectivity index (χ1v) is 5.68. The normalized spacial score (nSPS) is 10.4. The third kappa shape index (κ3) is 4.86. The topological polar surface area (TPSA) is 18.5 Å². The molecule has 0 spiro atoms. The summed E-state index contributed by atoms with van der Waals surface area (Å²) in [4.78, 5) is 4.46. The molecule has 0 heterocycles. The van der Waals surface area contributed by atoms with E-state index in [1.54, 1.807) is 0 Å². The maximum absolute atomic E-state index is 5.77. The minimum Gasteiger partial charge on any atom is -0.228 e. The van der Waals surface area contributed by atoms with Gasteiger partial charge in [-0.05, 0) is 30.5 Å². The minimum absolute atomic E-state index is 0.783. The molecule has 1 aromatic rings. The first kappa shape index (κ1) is 11.9. The van der Waals surface area contributed by atoms with Crippen LogP contribution in [0.4, 0.5) is 0 Å². The zero-order valence-corrected chi connectivity index (χ0v) is 9.61. The van der Waals surface area contributed by atoms with Crippen LogP contribution in [0.2, 0.25) is 5.02 Å². The fourth-order valence-corrected chi connectivity index (χ4v) is 1.62. The molecule has 78 valence electrons. The van der Waals surface area contributed by atoms with E-state index >= 15 is 0 Å². The van der Waals surface area contributed by atoms with E-state index in [4.69, 9.17) is 11.6 Å². The van der Waals surface area contributed by atoms with E-state index in [9.17, 15) is 0 Å². The summed E-state index contributed by atoms with van der Waals surface area (Å²) in [6.45, 7) is 0. The van der Waals surface area contributed by atoms with Gasteiger partial charge in [-0.2, -0.15) is 4.33 Å². The van der Waals surface area contributed by atoms with Gasteiger partial charge in [0.05, 0.1) is 7.11 Å². The van der Waals surface area contributed by atoms with Gasteiger partial charge in [0.2, 0.25) is 0 Å². The van der Waals surface area contributed by atoms with Crippen molar-refractivity contribution in [3.8, 4) is 0 Å². The number of aryl methyl sites for hydroxylation is 1. The van der Waals surface area contributed by atoms with Gasteiger partial charge >= 0.3 is 0 Å². The first-order valence-electron chi connectivity index (χ1n) is 4.39. The molecule has 0 aliphatic heterocycles. The van der Waals surface area contributed by atoms with Gasteiger partial charge in [-0.25, -0.2) is 4.89 Å². The molecule has 0 radical (unpaired) electrons. The van der Waals surface area contributed by atoms with Crippen LogP contribution >= 0.6 is 23.6 Å². The highest BCUT2D eigenvalue weighted by atomic mass is 35.5. The van der Waals surface area contributed by atoms with Crippen molar-refractivity contribution in [2.75, 3.05) is 12.9 Å². The average Bonchev–Trinajstić information content (AvgIpc) is 2.21. The van der Waals surface area contributed by atoms with Crippen LogP contribution in [-0.2, 0) is 15.6 Å². The monoisotopic (exact) mass is 232 g/mol. The van der Waals surface area contributed by atoms with E-state index in [1.165, 1.54) is 24.7 Å². The second kappa shape index (κ2) is 7.12. The number of hydrogen-bond donors (Lipinski definition) is 0. The van der Waals surface area contributed by atoms with Gasteiger partial charge in [-0.1, -0.05) is 23.7 Å². The summed E-state index contributed by atoms with van der Waals surface area (Å²) in [5, 5.41) is 0.783. The molecule has 0 saturated heterocycles. The molecule has 14 heavy (non-hydrogen) atoms. The summed E-state index contributed by atoms with van der Waals surface area (Å²) in [6.07, 6.45) is 2.10. The predicted octanol–water partition coefficient (Wildman–Crippen LogP) is 3.50. The van der Waals surface area contributed by atoms with E-state index in [1.807, 2.05) is 24.3 Å². The van der Waals surface area contributed by atoms with Gasteiger partial charge in [0.15, 0.2) is 0 Å². The summed E-state index contributed by atoms with van der Waals surface area (Å²) >= 11 is 7.10. The Morgan fingerprint density at radius 3 is 2.64 bits per heavy atom. The highest BCUT2D eigenvalue weighted by Gasteiger charge is 1.94. The van der Waals surface area contributed by atoms with Crippen molar-refractivity contribution < 1.29 is 9.22 Å². The Hall–Kier alpha value is -0.220. The molecule has 0 unspecified atom stereocenters. The smallest absolute Gasteiger partial charge is 0.0725 e. The van der Waals surface area contributed by atoms with Gasteiger partial charge in [-0.15, -0.1) is 0 Å². The number of benzene rings is 1. The third-order valence-corrected chi connectivity index (χ3v) is 2.66. The highest BCUT2D eigenvalue weighted by molar-refractivity contribution is 7.94. The molecule has 0 atom stereocenters. The van der Waals surface area contributed by atoms with Gasteiger partial charge in [-0.3, -0.25) is 0 Å². The molecule has 0 fully saturated rings. The van der Waals surface area contributed by atoms with Crippen LogP contribution in [0.25, 0.3) is 0 Å². The standard InChI is InChI=1S/C10H13ClO2S/c1-12-13-14-8-2-3-9-4-6-10(11)7-5-9/h4-7H,2-3,8H2,1H3. The summed E-state index contributed by atoms with van der Waals surface area (Å²) in [7, 11) is 1.51. The minimum atomic E-state index is 0.783. The van der Waals surface area contributed by atoms with Crippen molar-refractivity contribution in [2.45, 2.75) is 12.8 Å². The lowest BCUT2D eigenvalue weighted by molar-refractivity contribution is -0.160. The van der Waals surface area contributed by atoms with Crippen molar-refractivity contribution in [1.29, 1.82) is 0 Å². The number of hydrogen-bond acceptors (Lipinski definition) is 3. The van der Waals surface area contributed by atoms with Crippen molar-refractivity contribution in [2.24, 2.45) is 0 Å². The molecule has 1 aromatic carbocycles. The summed E-state index contributed by atoms with van der Waals surface area (Å²) < 4.78 is 4.69. The van der Waals surface area contributed by atoms with Gasteiger partial charge in [0, 0.05) is 22.8 Å². The Bertz CT molecular complexity index is 251. The van der Waals surface area contributed by atoms with Crippen LogP contribution in [0.3, 0.4) is 0 Å². The number of halogens is 1. The van der Waals surface area contributed by atoms with Crippen molar-refractivity contribution in [3.05, 3.63) is 34.9 Å². The van der Waals surface area contributed by atoms with E-state index in [-0.39, 0.29) is 0 Å². The average molecular weight is 233 g/mol. The lowest BCUT2D eigenvalue weighted by atomic mass is 10.1. The Morgan fingerprint density at radius 2 is 2.00 bits per heavy atom. The molecule has 0 bridgehead atoms. The van der Waals surface area contributed by atoms with Gasteiger partial charge in [0.25, 0.3) is 0 Å². The maximum Gasteiger partial charge on any atom is 0.0725 e. The molecule has 0 N–H and O–H groups in total. The van der Waals surface area contributed by atoms with Crippen LogP contribution < -0.4 is 0 Å². The molecule has 0 aliphatic rings. The molecule has 2 nitrogen and oxygen atoms in total. The summed E-state index contributed by atoms with van der Waals surface area (Å²) in [5.41, 5.74) is 1.30. The van der Waals surface area contributed by atoms with Gasteiger partial charge < -0.3 is 0 Å². The van der Waals surface area contributed by atoms with Crippen molar-refractivity contribution in [3.63, 3.8) is 0 Å². The van der Waals surface area contributed by atoms with Crippen LogP contribution in [0.15, 0.2) is 24.3 Å². The Labute approximate surface area is 93.7 Å². The van der Waals surface area contributed by atoms with E-state index < -0.39 is 0 Å². The largest absolute Gasteiger partial charge is 0.228 e. The van der Waals surface area contributed by atoms with Crippen LogP contribution in [-0.4, -0.2) is 12.9 Å². The second-order valence-electron chi connectivity index (χ2n) is 2.79. The van der Waals surface area contributed by atoms with E-state index in [2.05, 4.69) is 9.22 Å². The molecule has 1 rings (SSSR count). The van der Waals surface area contributed by atoms with E-state index in [0.29, 0.717) is 0 Å². The fraction of sp³-hybridized carbons (Fsp3) is 0.400. The lowest BCUT2D eigenvalue weighted by Crippen LogP contribution is -1.88. The molecule has 0 aliphatic carbocycles. The third-order valence-electron chi connectivity index (χ3n) is 1.72. The van der Waals surface area contributed by atoms with Crippen LogP contribution in [0.1, 0.15) is 12.0 Å². The Morgan fingerprint density at radius 1 is 1.29 bits per heavy atom. The van der Waals surface area contributed by atoms with Crippen molar-refractivity contribution in [1.82, 2.24) is 0 Å². The lowest BCUT2D eigenvalue weighted by Gasteiger charge is -2.00. The van der Waals surface area contributed by atoms with Crippen LogP contribution in [0, 0.1) is 0 Å². The molecule has 0 saturated carbocycles. The van der Waals surface area contributed by atoms with Crippen molar-refractivity contribution >= 4 is 23.6 Å². The van der Waals surface area contributed by atoms with E-state index in [0.717, 1.165) is 23.6 Å².